The number of rotatable bonds is 4. The summed E-state index contributed by atoms with van der Waals surface area (Å²) in [6, 6.07) is 0. The highest BCUT2D eigenvalue weighted by Gasteiger charge is 2.28. The normalized spacial score (nSPS) is 27.9. The number of Topliss-reactive ketones (excluding diaryl/α,β-unsaturated/α-hetero) is 1. The van der Waals surface area contributed by atoms with E-state index in [1.165, 1.54) is 0 Å². The SMILES string of the molecule is CC(C)(O)CN1CCN(CC2CCCC2=O)CC1. The van der Waals surface area contributed by atoms with Crippen LogP contribution in [0.5, 0.6) is 0 Å². The molecule has 0 spiro atoms. The molecule has 2 rings (SSSR count). The first-order valence-corrected chi connectivity index (χ1v) is 7.14. The van der Waals surface area contributed by atoms with E-state index >= 15 is 0 Å². The van der Waals surface area contributed by atoms with Crippen molar-refractivity contribution in [2.24, 2.45) is 5.92 Å². The van der Waals surface area contributed by atoms with E-state index in [1.54, 1.807) is 0 Å². The predicted octanol–water partition coefficient (Wildman–Crippen LogP) is 0.744. The van der Waals surface area contributed by atoms with E-state index in [0.717, 1.165) is 58.5 Å². The van der Waals surface area contributed by atoms with Crippen LogP contribution in [0.25, 0.3) is 0 Å². The molecule has 1 saturated carbocycles. The van der Waals surface area contributed by atoms with Gasteiger partial charge in [-0.3, -0.25) is 9.69 Å². The first-order valence-electron chi connectivity index (χ1n) is 7.14. The van der Waals surface area contributed by atoms with Gasteiger partial charge in [0.15, 0.2) is 0 Å². The van der Waals surface area contributed by atoms with Crippen LogP contribution >= 0.6 is 0 Å². The summed E-state index contributed by atoms with van der Waals surface area (Å²) in [5.41, 5.74) is -0.608. The standard InChI is InChI=1S/C14H26N2O2/c1-14(2,18)11-16-8-6-15(7-9-16)10-12-4-3-5-13(12)17/h12,18H,3-11H2,1-2H3. The molecular formula is C14H26N2O2. The molecule has 0 aromatic carbocycles. The van der Waals surface area contributed by atoms with Gasteiger partial charge >= 0.3 is 0 Å². The maximum atomic E-state index is 11.6. The second-order valence-corrected chi connectivity index (χ2v) is 6.44. The third kappa shape index (κ3) is 4.04. The third-order valence-corrected chi connectivity index (χ3v) is 3.99. The minimum absolute atomic E-state index is 0.297. The molecule has 1 unspecified atom stereocenters. The quantitative estimate of drug-likeness (QED) is 0.804. The van der Waals surface area contributed by atoms with Crippen LogP contribution < -0.4 is 0 Å². The summed E-state index contributed by atoms with van der Waals surface area (Å²) in [5, 5.41) is 9.80. The Morgan fingerprint density at radius 1 is 1.22 bits per heavy atom. The van der Waals surface area contributed by atoms with Crippen LogP contribution in [0, 0.1) is 5.92 Å². The van der Waals surface area contributed by atoms with E-state index in [-0.39, 0.29) is 0 Å². The molecule has 0 aromatic heterocycles. The average molecular weight is 254 g/mol. The molecule has 1 saturated heterocycles. The lowest BCUT2D eigenvalue weighted by Gasteiger charge is -2.38. The Labute approximate surface area is 110 Å². The Morgan fingerprint density at radius 2 is 1.83 bits per heavy atom. The van der Waals surface area contributed by atoms with Gasteiger partial charge in [-0.2, -0.15) is 0 Å². The van der Waals surface area contributed by atoms with E-state index in [1.807, 2.05) is 13.8 Å². The van der Waals surface area contributed by atoms with Crippen molar-refractivity contribution in [3.8, 4) is 0 Å². The van der Waals surface area contributed by atoms with E-state index in [0.29, 0.717) is 11.7 Å². The molecule has 2 aliphatic rings. The van der Waals surface area contributed by atoms with Gasteiger partial charge in [0.2, 0.25) is 0 Å². The summed E-state index contributed by atoms with van der Waals surface area (Å²) < 4.78 is 0. The zero-order valence-electron chi connectivity index (χ0n) is 11.7. The minimum Gasteiger partial charge on any atom is -0.389 e. The molecule has 2 fully saturated rings. The van der Waals surface area contributed by atoms with E-state index in [4.69, 9.17) is 0 Å². The molecule has 0 aromatic rings. The van der Waals surface area contributed by atoms with Crippen LogP contribution in [-0.2, 0) is 4.79 Å². The number of aliphatic hydroxyl groups is 1. The van der Waals surface area contributed by atoms with Gasteiger partial charge in [-0.25, -0.2) is 0 Å². The average Bonchev–Trinajstić information content (AvgIpc) is 2.65. The summed E-state index contributed by atoms with van der Waals surface area (Å²) in [6.45, 7) is 9.47. The Kier molecular flexibility index (Phi) is 4.41. The predicted molar refractivity (Wildman–Crippen MR) is 71.5 cm³/mol. The van der Waals surface area contributed by atoms with Gasteiger partial charge in [-0.05, 0) is 26.7 Å². The van der Waals surface area contributed by atoms with Crippen LogP contribution in [0.1, 0.15) is 33.1 Å². The molecule has 1 N–H and O–H groups in total. The Bertz CT molecular complexity index is 291. The number of carbonyl (C=O) groups excluding carboxylic acids is 1. The van der Waals surface area contributed by atoms with E-state index < -0.39 is 5.60 Å². The third-order valence-electron chi connectivity index (χ3n) is 3.99. The fourth-order valence-corrected chi connectivity index (χ4v) is 3.07. The maximum absolute atomic E-state index is 11.6. The van der Waals surface area contributed by atoms with Crippen molar-refractivity contribution in [1.82, 2.24) is 9.80 Å². The Morgan fingerprint density at radius 3 is 2.33 bits per heavy atom. The molecule has 104 valence electrons. The second kappa shape index (κ2) is 5.68. The number of ketones is 1. The monoisotopic (exact) mass is 254 g/mol. The van der Waals surface area contributed by atoms with Crippen molar-refractivity contribution < 1.29 is 9.90 Å². The molecule has 1 heterocycles. The number of hydrogen-bond acceptors (Lipinski definition) is 4. The molecule has 1 atom stereocenters. The van der Waals surface area contributed by atoms with Crippen molar-refractivity contribution in [2.75, 3.05) is 39.3 Å². The minimum atomic E-state index is -0.608. The molecule has 0 bridgehead atoms. The molecule has 18 heavy (non-hydrogen) atoms. The van der Waals surface area contributed by atoms with Crippen LogP contribution in [0.15, 0.2) is 0 Å². The molecule has 4 nitrogen and oxygen atoms in total. The molecular weight excluding hydrogens is 228 g/mol. The summed E-state index contributed by atoms with van der Waals surface area (Å²) in [5.74, 6) is 0.764. The van der Waals surface area contributed by atoms with Crippen LogP contribution in [0.4, 0.5) is 0 Å². The maximum Gasteiger partial charge on any atom is 0.137 e. The van der Waals surface area contributed by atoms with E-state index in [9.17, 15) is 9.90 Å². The smallest absolute Gasteiger partial charge is 0.137 e. The first-order chi connectivity index (χ1) is 8.44. The van der Waals surface area contributed by atoms with Gasteiger partial charge in [-0.15, -0.1) is 0 Å². The van der Waals surface area contributed by atoms with Crippen molar-refractivity contribution in [3.63, 3.8) is 0 Å². The Hall–Kier alpha value is -0.450. The second-order valence-electron chi connectivity index (χ2n) is 6.44. The van der Waals surface area contributed by atoms with Gasteiger partial charge in [0.05, 0.1) is 5.60 Å². The van der Waals surface area contributed by atoms with Crippen molar-refractivity contribution in [2.45, 2.75) is 38.7 Å². The van der Waals surface area contributed by atoms with Gasteiger partial charge in [0, 0.05) is 51.6 Å². The van der Waals surface area contributed by atoms with Crippen LogP contribution in [-0.4, -0.2) is 65.6 Å². The topological polar surface area (TPSA) is 43.8 Å². The molecule has 1 aliphatic carbocycles. The van der Waals surface area contributed by atoms with Crippen molar-refractivity contribution in [1.29, 1.82) is 0 Å². The summed E-state index contributed by atoms with van der Waals surface area (Å²) in [7, 11) is 0. The Balaban J connectivity index is 1.72. The molecule has 0 amide bonds. The number of nitrogens with zero attached hydrogens (tertiary/aromatic N) is 2. The molecule has 1 aliphatic heterocycles. The number of β-amino-alcohol motifs (C(OH)–C–C–N with tert-alkyl or cyclic N) is 1. The fraction of sp³-hybridized carbons (Fsp3) is 0.929. The van der Waals surface area contributed by atoms with Crippen molar-refractivity contribution in [3.05, 3.63) is 0 Å². The van der Waals surface area contributed by atoms with Crippen LogP contribution in [0.2, 0.25) is 0 Å². The lowest BCUT2D eigenvalue weighted by molar-refractivity contribution is -0.121. The zero-order valence-corrected chi connectivity index (χ0v) is 11.7. The molecule has 4 heteroatoms. The van der Waals surface area contributed by atoms with E-state index in [2.05, 4.69) is 9.80 Å². The summed E-state index contributed by atoms with van der Waals surface area (Å²) in [6.07, 6.45) is 2.97. The highest BCUT2D eigenvalue weighted by atomic mass is 16.3. The van der Waals surface area contributed by atoms with Gasteiger partial charge in [-0.1, -0.05) is 0 Å². The highest BCUT2D eigenvalue weighted by molar-refractivity contribution is 5.83. The number of carbonyl (C=O) groups is 1. The largest absolute Gasteiger partial charge is 0.389 e. The van der Waals surface area contributed by atoms with Crippen molar-refractivity contribution >= 4 is 5.78 Å². The van der Waals surface area contributed by atoms with Gasteiger partial charge in [0.25, 0.3) is 0 Å². The highest BCUT2D eigenvalue weighted by Crippen LogP contribution is 2.22. The van der Waals surface area contributed by atoms with Crippen LogP contribution in [0.3, 0.4) is 0 Å². The fourth-order valence-electron chi connectivity index (χ4n) is 3.07. The number of piperazine rings is 1. The van der Waals surface area contributed by atoms with Gasteiger partial charge < -0.3 is 10.0 Å². The first kappa shape index (κ1) is 14.0. The van der Waals surface area contributed by atoms with Gasteiger partial charge in [0.1, 0.15) is 5.78 Å². The summed E-state index contributed by atoms with van der Waals surface area (Å²) in [4.78, 5) is 16.4. The summed E-state index contributed by atoms with van der Waals surface area (Å²) >= 11 is 0. The lowest BCUT2D eigenvalue weighted by atomic mass is 10.1. The lowest BCUT2D eigenvalue weighted by Crippen LogP contribution is -2.51. The number of hydrogen-bond donors (Lipinski definition) is 1. The molecule has 0 radical (unpaired) electrons. The zero-order chi connectivity index (χ0) is 13.2.